The maximum absolute atomic E-state index is 5.57. The van der Waals surface area contributed by atoms with Crippen LogP contribution in [-0.4, -0.2) is 15.1 Å². The van der Waals surface area contributed by atoms with Crippen LogP contribution in [0.2, 0.25) is 0 Å². The zero-order chi connectivity index (χ0) is 15.3. The summed E-state index contributed by atoms with van der Waals surface area (Å²) in [6.07, 6.45) is 13.2. The quantitative estimate of drug-likeness (QED) is 0.841. The molecule has 2 aromatic heterocycles. The van der Waals surface area contributed by atoms with Gasteiger partial charge in [-0.25, -0.2) is 0 Å². The fourth-order valence-corrected chi connectivity index (χ4v) is 4.67. The SMILES string of the molecule is c1ccc(CC2(c3noc(CC4CC5(CCC5)C4)n3)CC2)nc1. The summed E-state index contributed by atoms with van der Waals surface area (Å²) in [6, 6.07) is 6.10. The van der Waals surface area contributed by atoms with Crippen LogP contribution < -0.4 is 0 Å². The molecule has 0 atom stereocenters. The van der Waals surface area contributed by atoms with E-state index < -0.39 is 0 Å². The number of pyridine rings is 1. The average Bonchev–Trinajstić information content (AvgIpc) is 3.10. The number of rotatable bonds is 5. The van der Waals surface area contributed by atoms with Gasteiger partial charge in [0.1, 0.15) is 0 Å². The van der Waals surface area contributed by atoms with Gasteiger partial charge in [0.05, 0.1) is 0 Å². The number of hydrogen-bond donors (Lipinski definition) is 0. The minimum absolute atomic E-state index is 0.0882. The van der Waals surface area contributed by atoms with E-state index in [1.807, 2.05) is 18.3 Å². The second-order valence-electron chi connectivity index (χ2n) is 8.12. The Labute approximate surface area is 136 Å². The van der Waals surface area contributed by atoms with E-state index in [1.54, 1.807) is 0 Å². The van der Waals surface area contributed by atoms with Gasteiger partial charge in [0, 0.05) is 30.1 Å². The van der Waals surface area contributed by atoms with E-state index in [2.05, 4.69) is 16.2 Å². The molecular weight excluding hydrogens is 286 g/mol. The Hall–Kier alpha value is -1.71. The molecule has 5 rings (SSSR count). The van der Waals surface area contributed by atoms with Gasteiger partial charge in [0.25, 0.3) is 0 Å². The molecule has 3 saturated carbocycles. The molecule has 4 nitrogen and oxygen atoms in total. The Morgan fingerprint density at radius 2 is 2.00 bits per heavy atom. The number of nitrogens with zero attached hydrogens (tertiary/aromatic N) is 3. The lowest BCUT2D eigenvalue weighted by Gasteiger charge is -2.54. The highest BCUT2D eigenvalue weighted by molar-refractivity contribution is 5.22. The van der Waals surface area contributed by atoms with Crippen LogP contribution >= 0.6 is 0 Å². The lowest BCUT2D eigenvalue weighted by Crippen LogP contribution is -2.43. The Morgan fingerprint density at radius 3 is 2.65 bits per heavy atom. The third kappa shape index (κ3) is 2.39. The van der Waals surface area contributed by atoms with Crippen molar-refractivity contribution in [1.82, 2.24) is 15.1 Å². The molecular formula is C19H23N3O. The van der Waals surface area contributed by atoms with Crippen LogP contribution in [0, 0.1) is 11.3 Å². The maximum Gasteiger partial charge on any atom is 0.226 e. The molecule has 3 aliphatic carbocycles. The van der Waals surface area contributed by atoms with Gasteiger partial charge < -0.3 is 4.52 Å². The van der Waals surface area contributed by atoms with Crippen LogP contribution in [0.1, 0.15) is 62.4 Å². The van der Waals surface area contributed by atoms with Crippen LogP contribution in [0.15, 0.2) is 28.9 Å². The molecule has 1 spiro atoms. The summed E-state index contributed by atoms with van der Waals surface area (Å²) in [7, 11) is 0. The van der Waals surface area contributed by atoms with Gasteiger partial charge in [-0.2, -0.15) is 4.98 Å². The molecule has 3 fully saturated rings. The molecule has 4 heteroatoms. The molecule has 0 N–H and O–H groups in total. The van der Waals surface area contributed by atoms with Gasteiger partial charge in [-0.3, -0.25) is 4.98 Å². The van der Waals surface area contributed by atoms with Crippen molar-refractivity contribution >= 4 is 0 Å². The second kappa shape index (κ2) is 4.89. The largest absolute Gasteiger partial charge is 0.339 e. The molecule has 0 radical (unpaired) electrons. The Balaban J connectivity index is 1.24. The van der Waals surface area contributed by atoms with E-state index >= 15 is 0 Å². The van der Waals surface area contributed by atoms with Gasteiger partial charge in [-0.15, -0.1) is 0 Å². The van der Waals surface area contributed by atoms with Crippen molar-refractivity contribution in [2.75, 3.05) is 0 Å². The van der Waals surface area contributed by atoms with Crippen molar-refractivity contribution in [1.29, 1.82) is 0 Å². The van der Waals surface area contributed by atoms with Crippen LogP contribution in [0.5, 0.6) is 0 Å². The highest BCUT2D eigenvalue weighted by atomic mass is 16.5. The molecule has 0 aliphatic heterocycles. The fraction of sp³-hybridized carbons (Fsp3) is 0.632. The standard InChI is InChI=1S/C19H23N3O/c1-2-9-20-15(4-1)13-19(7-8-19)17-21-16(23-22-17)10-14-11-18(12-14)5-3-6-18/h1-2,4,9,14H,3,5-8,10-13H2. The molecule has 23 heavy (non-hydrogen) atoms. The lowest BCUT2D eigenvalue weighted by molar-refractivity contribution is -0.0266. The first-order chi connectivity index (χ1) is 11.3. The van der Waals surface area contributed by atoms with Crippen molar-refractivity contribution in [2.24, 2.45) is 11.3 Å². The van der Waals surface area contributed by atoms with Gasteiger partial charge in [0.15, 0.2) is 5.82 Å². The molecule has 2 heterocycles. The highest BCUT2D eigenvalue weighted by Gasteiger charge is 2.50. The molecule has 0 saturated heterocycles. The predicted molar refractivity (Wildman–Crippen MR) is 85.9 cm³/mol. The summed E-state index contributed by atoms with van der Waals surface area (Å²) >= 11 is 0. The minimum atomic E-state index is 0.0882. The number of aromatic nitrogens is 3. The van der Waals surface area contributed by atoms with Crippen LogP contribution in [-0.2, 0) is 18.3 Å². The fourth-order valence-electron chi connectivity index (χ4n) is 4.67. The molecule has 2 aromatic rings. The summed E-state index contributed by atoms with van der Waals surface area (Å²) in [5.41, 5.74) is 1.94. The van der Waals surface area contributed by atoms with Gasteiger partial charge in [0.2, 0.25) is 5.89 Å². The smallest absolute Gasteiger partial charge is 0.226 e. The minimum Gasteiger partial charge on any atom is -0.339 e. The topological polar surface area (TPSA) is 51.8 Å². The first-order valence-electron chi connectivity index (χ1n) is 8.98. The summed E-state index contributed by atoms with van der Waals surface area (Å²) in [5, 5.41) is 4.31. The summed E-state index contributed by atoms with van der Waals surface area (Å²) in [4.78, 5) is 9.20. The lowest BCUT2D eigenvalue weighted by atomic mass is 9.51. The van der Waals surface area contributed by atoms with E-state index in [1.165, 1.54) is 32.1 Å². The van der Waals surface area contributed by atoms with E-state index in [-0.39, 0.29) is 5.41 Å². The van der Waals surface area contributed by atoms with E-state index in [0.29, 0.717) is 0 Å². The zero-order valence-corrected chi connectivity index (χ0v) is 13.5. The average molecular weight is 309 g/mol. The zero-order valence-electron chi connectivity index (χ0n) is 13.5. The molecule has 120 valence electrons. The summed E-state index contributed by atoms with van der Waals surface area (Å²) in [6.45, 7) is 0. The normalized spacial score (nSPS) is 24.2. The van der Waals surface area contributed by atoms with E-state index in [4.69, 9.17) is 9.51 Å². The van der Waals surface area contributed by atoms with Crippen molar-refractivity contribution in [3.8, 4) is 0 Å². The summed E-state index contributed by atoms with van der Waals surface area (Å²) in [5.74, 6) is 2.54. The van der Waals surface area contributed by atoms with Crippen LogP contribution in [0.25, 0.3) is 0 Å². The second-order valence-corrected chi connectivity index (χ2v) is 8.12. The third-order valence-electron chi connectivity index (χ3n) is 6.36. The van der Waals surface area contributed by atoms with Crippen molar-refractivity contribution in [3.05, 3.63) is 41.8 Å². The highest BCUT2D eigenvalue weighted by Crippen LogP contribution is 2.59. The van der Waals surface area contributed by atoms with Crippen molar-refractivity contribution < 1.29 is 4.52 Å². The van der Waals surface area contributed by atoms with Gasteiger partial charge >= 0.3 is 0 Å². The van der Waals surface area contributed by atoms with Crippen molar-refractivity contribution in [3.63, 3.8) is 0 Å². The Bertz CT molecular complexity index is 692. The Kier molecular flexibility index (Phi) is 2.91. The Morgan fingerprint density at radius 1 is 1.13 bits per heavy atom. The van der Waals surface area contributed by atoms with Crippen LogP contribution in [0.4, 0.5) is 0 Å². The summed E-state index contributed by atoms with van der Waals surface area (Å²) < 4.78 is 5.57. The van der Waals surface area contributed by atoms with Crippen molar-refractivity contribution in [2.45, 2.75) is 63.2 Å². The molecule has 0 aromatic carbocycles. The van der Waals surface area contributed by atoms with E-state index in [9.17, 15) is 0 Å². The predicted octanol–water partition coefficient (Wildman–Crippen LogP) is 3.86. The monoisotopic (exact) mass is 309 g/mol. The molecule has 0 unspecified atom stereocenters. The molecule has 3 aliphatic rings. The van der Waals surface area contributed by atoms with E-state index in [0.717, 1.165) is 54.4 Å². The number of hydrogen-bond acceptors (Lipinski definition) is 4. The van der Waals surface area contributed by atoms with Gasteiger partial charge in [-0.1, -0.05) is 17.6 Å². The molecule has 0 amide bonds. The third-order valence-corrected chi connectivity index (χ3v) is 6.36. The first-order valence-corrected chi connectivity index (χ1v) is 8.98. The maximum atomic E-state index is 5.57. The first kappa shape index (κ1) is 13.7. The molecule has 0 bridgehead atoms. The van der Waals surface area contributed by atoms with Gasteiger partial charge in [-0.05, 0) is 62.0 Å². The van der Waals surface area contributed by atoms with Crippen LogP contribution in [0.3, 0.4) is 0 Å².